The van der Waals surface area contributed by atoms with Gasteiger partial charge in [0, 0.05) is 12.1 Å². The molecule has 2 fully saturated rings. The Kier molecular flexibility index (Phi) is 4.56. The van der Waals surface area contributed by atoms with E-state index in [9.17, 15) is 13.2 Å². The van der Waals surface area contributed by atoms with Gasteiger partial charge >= 0.3 is 6.61 Å². The third-order valence-corrected chi connectivity index (χ3v) is 5.73. The van der Waals surface area contributed by atoms with Crippen LogP contribution < -0.4 is 10.1 Å². The van der Waals surface area contributed by atoms with Crippen molar-refractivity contribution < 1.29 is 17.9 Å². The molecule has 0 amide bonds. The first kappa shape index (κ1) is 19.1. The van der Waals surface area contributed by atoms with Gasteiger partial charge in [-0.2, -0.15) is 8.78 Å². The zero-order valence-corrected chi connectivity index (χ0v) is 16.7. The first-order valence-corrected chi connectivity index (χ1v) is 10.2. The van der Waals surface area contributed by atoms with Gasteiger partial charge in [0.2, 0.25) is 0 Å². The molecule has 1 aromatic carbocycles. The largest absolute Gasteiger partial charge is 0.435 e. The zero-order valence-electron chi connectivity index (χ0n) is 16.7. The van der Waals surface area contributed by atoms with E-state index in [1.54, 1.807) is 18.4 Å². The van der Waals surface area contributed by atoms with E-state index < -0.39 is 12.4 Å². The number of hydrogen-bond donors (Lipinski definition) is 1. The van der Waals surface area contributed by atoms with Crippen LogP contribution in [0, 0.1) is 31.5 Å². The van der Waals surface area contributed by atoms with Crippen molar-refractivity contribution in [2.24, 2.45) is 11.8 Å². The topological polar surface area (TPSA) is 64.9 Å². The van der Waals surface area contributed by atoms with E-state index in [0.717, 1.165) is 6.07 Å². The van der Waals surface area contributed by atoms with Crippen LogP contribution in [0.3, 0.4) is 0 Å². The van der Waals surface area contributed by atoms with E-state index in [0.29, 0.717) is 46.5 Å². The molecule has 2 aromatic heterocycles. The molecule has 6 nitrogen and oxygen atoms in total. The number of nitrogens with zero attached hydrogens (tertiary/aromatic N) is 4. The van der Waals surface area contributed by atoms with Crippen molar-refractivity contribution in [3.05, 3.63) is 35.7 Å². The van der Waals surface area contributed by atoms with Crippen molar-refractivity contribution >= 4 is 17.0 Å². The van der Waals surface area contributed by atoms with Crippen LogP contribution in [0.2, 0.25) is 0 Å². The molecule has 9 heteroatoms. The van der Waals surface area contributed by atoms with E-state index in [1.165, 1.54) is 37.8 Å². The maximum atomic E-state index is 14.8. The molecule has 1 N–H and O–H groups in total. The summed E-state index contributed by atoms with van der Waals surface area (Å²) in [6.45, 7) is 0.528. The molecular weight excluding hydrogens is 395 g/mol. The van der Waals surface area contributed by atoms with Crippen LogP contribution in [0.25, 0.3) is 16.9 Å². The van der Waals surface area contributed by atoms with Crippen LogP contribution in [0.5, 0.6) is 5.75 Å². The Labute approximate surface area is 171 Å². The minimum atomic E-state index is -3.01. The lowest BCUT2D eigenvalue weighted by atomic mass is 10.1. The van der Waals surface area contributed by atoms with Gasteiger partial charge in [0.1, 0.15) is 17.4 Å². The third kappa shape index (κ3) is 3.57. The number of nitrogens with one attached hydrogen (secondary N) is 1. The van der Waals surface area contributed by atoms with Crippen molar-refractivity contribution in [2.45, 2.75) is 52.2 Å². The quantitative estimate of drug-likeness (QED) is 0.600. The molecule has 0 spiro atoms. The lowest BCUT2D eigenvalue weighted by Gasteiger charge is -2.18. The number of anilines is 1. The Morgan fingerprint density at radius 3 is 2.37 bits per heavy atom. The number of alkyl halides is 2. The molecule has 0 radical (unpaired) electrons. The van der Waals surface area contributed by atoms with E-state index in [1.807, 2.05) is 0 Å². The fourth-order valence-corrected chi connectivity index (χ4v) is 4.10. The van der Waals surface area contributed by atoms with Gasteiger partial charge in [0.05, 0.1) is 5.69 Å². The summed E-state index contributed by atoms with van der Waals surface area (Å²) in [4.78, 5) is 13.7. The first-order valence-electron chi connectivity index (χ1n) is 10.2. The number of rotatable bonds is 7. The van der Waals surface area contributed by atoms with Crippen LogP contribution in [0.4, 0.5) is 19.0 Å². The minimum absolute atomic E-state index is 0.168. The molecule has 158 valence electrons. The van der Waals surface area contributed by atoms with Crippen LogP contribution in [-0.2, 0) is 0 Å². The average molecular weight is 417 g/mol. The summed E-state index contributed by atoms with van der Waals surface area (Å²) >= 11 is 0. The molecule has 5 rings (SSSR count). The van der Waals surface area contributed by atoms with Gasteiger partial charge in [-0.25, -0.2) is 19.3 Å². The molecule has 2 aliphatic rings. The van der Waals surface area contributed by atoms with Gasteiger partial charge in [0.25, 0.3) is 0 Å². The lowest BCUT2D eigenvalue weighted by Crippen LogP contribution is -2.25. The third-order valence-electron chi connectivity index (χ3n) is 5.73. The fourth-order valence-electron chi connectivity index (χ4n) is 4.10. The summed E-state index contributed by atoms with van der Waals surface area (Å²) in [6, 6.07) is 4.02. The Morgan fingerprint density at radius 1 is 1.07 bits per heavy atom. The molecule has 30 heavy (non-hydrogen) atoms. The van der Waals surface area contributed by atoms with Crippen molar-refractivity contribution in [3.63, 3.8) is 0 Å². The Bertz CT molecular complexity index is 1100. The Hall–Kier alpha value is -2.84. The lowest BCUT2D eigenvalue weighted by molar-refractivity contribution is -0.0499. The van der Waals surface area contributed by atoms with Gasteiger partial charge in [-0.3, -0.25) is 4.57 Å². The van der Waals surface area contributed by atoms with Crippen LogP contribution >= 0.6 is 0 Å². The fraction of sp³-hybridized carbons (Fsp3) is 0.476. The number of fused-ring (bicyclic) bond motifs is 1. The normalized spacial score (nSPS) is 16.6. The van der Waals surface area contributed by atoms with E-state index in [4.69, 9.17) is 0 Å². The predicted octanol–water partition coefficient (Wildman–Crippen LogP) is 4.77. The SMILES string of the molecule is Cc1nc(NC(C2CC2)C2CC2)c2nc(C)n(-c3ccc(OC(F)F)cc3F)c2n1. The van der Waals surface area contributed by atoms with E-state index >= 15 is 0 Å². The summed E-state index contributed by atoms with van der Waals surface area (Å²) in [5.41, 5.74) is 1.23. The molecule has 0 atom stereocenters. The highest BCUT2D eigenvalue weighted by Crippen LogP contribution is 2.46. The average Bonchev–Trinajstić information content (AvgIpc) is 3.58. The summed E-state index contributed by atoms with van der Waals surface area (Å²) in [6.07, 6.45) is 4.92. The molecule has 0 bridgehead atoms. The van der Waals surface area contributed by atoms with Crippen LogP contribution in [0.1, 0.15) is 37.3 Å². The van der Waals surface area contributed by atoms with Gasteiger partial charge in [-0.05, 0) is 63.5 Å². The molecule has 0 unspecified atom stereocenters. The molecular formula is C21H22F3N5O. The van der Waals surface area contributed by atoms with Crippen LogP contribution in [0.15, 0.2) is 18.2 Å². The molecule has 3 aromatic rings. The number of ether oxygens (including phenoxy) is 1. The zero-order chi connectivity index (χ0) is 21.0. The minimum Gasteiger partial charge on any atom is -0.435 e. The van der Waals surface area contributed by atoms with Crippen molar-refractivity contribution in [1.29, 1.82) is 0 Å². The van der Waals surface area contributed by atoms with Gasteiger partial charge in [-0.15, -0.1) is 0 Å². The highest BCUT2D eigenvalue weighted by Gasteiger charge is 2.42. The van der Waals surface area contributed by atoms with E-state index in [2.05, 4.69) is 25.0 Å². The molecule has 0 aliphatic heterocycles. The summed E-state index contributed by atoms with van der Waals surface area (Å²) in [5.74, 6) is 2.16. The second-order valence-electron chi connectivity index (χ2n) is 8.12. The van der Waals surface area contributed by atoms with Crippen molar-refractivity contribution in [3.8, 4) is 11.4 Å². The Balaban J connectivity index is 1.57. The number of benzene rings is 1. The number of aryl methyl sites for hydroxylation is 2. The smallest absolute Gasteiger partial charge is 0.387 e. The summed E-state index contributed by atoms with van der Waals surface area (Å²) in [7, 11) is 0. The highest BCUT2D eigenvalue weighted by atomic mass is 19.3. The second kappa shape index (κ2) is 7.14. The second-order valence-corrected chi connectivity index (χ2v) is 8.12. The summed E-state index contributed by atoms with van der Waals surface area (Å²) in [5, 5.41) is 3.60. The number of aromatic nitrogens is 4. The Morgan fingerprint density at radius 2 is 1.77 bits per heavy atom. The predicted molar refractivity (Wildman–Crippen MR) is 106 cm³/mol. The van der Waals surface area contributed by atoms with Crippen LogP contribution in [-0.4, -0.2) is 32.2 Å². The maximum Gasteiger partial charge on any atom is 0.387 e. The number of halogens is 3. The van der Waals surface area contributed by atoms with Gasteiger partial charge in [-0.1, -0.05) is 0 Å². The van der Waals surface area contributed by atoms with E-state index in [-0.39, 0.29) is 11.4 Å². The standard InChI is InChI=1S/C21H22F3N5O/c1-10-25-19(28-17(12-3-4-12)13-5-6-13)18-20(26-10)29(11(2)27-18)16-8-7-14(9-15(16)22)30-21(23)24/h7-9,12-13,17,21H,3-6H2,1-2H3,(H,25,26,28). The number of imidazole rings is 1. The number of hydrogen-bond acceptors (Lipinski definition) is 5. The van der Waals surface area contributed by atoms with Gasteiger partial charge in [0.15, 0.2) is 22.8 Å². The molecule has 2 aliphatic carbocycles. The highest BCUT2D eigenvalue weighted by molar-refractivity contribution is 5.85. The maximum absolute atomic E-state index is 14.8. The molecule has 0 saturated heterocycles. The van der Waals surface area contributed by atoms with Crippen molar-refractivity contribution in [1.82, 2.24) is 19.5 Å². The van der Waals surface area contributed by atoms with Gasteiger partial charge < -0.3 is 10.1 Å². The van der Waals surface area contributed by atoms with Crippen molar-refractivity contribution in [2.75, 3.05) is 5.32 Å². The first-order chi connectivity index (χ1) is 14.4. The monoisotopic (exact) mass is 417 g/mol. The molecule has 2 saturated carbocycles. The summed E-state index contributed by atoms with van der Waals surface area (Å²) < 4.78 is 45.5. The molecule has 2 heterocycles.